The molecule has 0 atom stereocenters. The maximum Gasteiger partial charge on any atom is 0.418 e. The molecule has 0 heterocycles. The fraction of sp³-hybridized carbons (Fsp3) is 0.0588. The van der Waals surface area contributed by atoms with Crippen LogP contribution >= 0.6 is 11.6 Å². The van der Waals surface area contributed by atoms with Crippen molar-refractivity contribution < 1.29 is 22.4 Å². The molecule has 0 fully saturated rings. The molecule has 0 aromatic heterocycles. The standard InChI is InChI=1S/C17H10ClF4N3O/c18-13-7-11(5-6-14(13)19)24-9-10(8-23)16(26)25-15-4-2-1-3-12(15)17(20,21)22/h1-7,9,24H,(H,25,26)/b10-9-. The molecule has 1 amide bonds. The summed E-state index contributed by atoms with van der Waals surface area (Å²) in [5.74, 6) is -1.69. The van der Waals surface area contributed by atoms with Gasteiger partial charge in [-0.2, -0.15) is 18.4 Å². The zero-order chi connectivity index (χ0) is 19.3. The summed E-state index contributed by atoms with van der Waals surface area (Å²) in [6.45, 7) is 0. The van der Waals surface area contributed by atoms with Crippen molar-refractivity contribution in [2.75, 3.05) is 10.6 Å². The zero-order valence-corrected chi connectivity index (χ0v) is 13.6. The van der Waals surface area contributed by atoms with Gasteiger partial charge in [-0.05, 0) is 30.3 Å². The summed E-state index contributed by atoms with van der Waals surface area (Å²) in [4.78, 5) is 12.1. The van der Waals surface area contributed by atoms with Gasteiger partial charge >= 0.3 is 6.18 Å². The van der Waals surface area contributed by atoms with Gasteiger partial charge in [-0.1, -0.05) is 23.7 Å². The Bertz CT molecular complexity index is 904. The third-order valence-electron chi connectivity index (χ3n) is 3.15. The largest absolute Gasteiger partial charge is 0.418 e. The monoisotopic (exact) mass is 383 g/mol. The van der Waals surface area contributed by atoms with Crippen LogP contribution in [0.15, 0.2) is 54.2 Å². The van der Waals surface area contributed by atoms with E-state index < -0.39 is 34.7 Å². The number of benzene rings is 2. The Hall–Kier alpha value is -3.05. The molecule has 4 nitrogen and oxygen atoms in total. The van der Waals surface area contributed by atoms with Gasteiger partial charge in [-0.15, -0.1) is 0 Å². The van der Waals surface area contributed by atoms with Crippen LogP contribution in [0.2, 0.25) is 5.02 Å². The molecule has 0 unspecified atom stereocenters. The first-order valence-electron chi connectivity index (χ1n) is 7.02. The van der Waals surface area contributed by atoms with E-state index in [-0.39, 0.29) is 10.7 Å². The van der Waals surface area contributed by atoms with E-state index >= 15 is 0 Å². The van der Waals surface area contributed by atoms with E-state index in [1.807, 2.05) is 5.32 Å². The average molecular weight is 384 g/mol. The summed E-state index contributed by atoms with van der Waals surface area (Å²) in [5.41, 5.74) is -1.71. The summed E-state index contributed by atoms with van der Waals surface area (Å²) in [5, 5.41) is 13.5. The minimum Gasteiger partial charge on any atom is -0.360 e. The van der Waals surface area contributed by atoms with E-state index in [1.54, 1.807) is 6.07 Å². The molecule has 0 radical (unpaired) electrons. The van der Waals surface area contributed by atoms with Gasteiger partial charge in [-0.3, -0.25) is 4.79 Å². The van der Waals surface area contributed by atoms with Crippen molar-refractivity contribution in [3.05, 3.63) is 70.6 Å². The molecular formula is C17H10ClF4N3O. The molecule has 0 aliphatic rings. The molecule has 0 saturated heterocycles. The summed E-state index contributed by atoms with van der Waals surface area (Å²) >= 11 is 5.61. The zero-order valence-electron chi connectivity index (χ0n) is 12.9. The van der Waals surface area contributed by atoms with E-state index in [1.165, 1.54) is 24.3 Å². The van der Waals surface area contributed by atoms with Crippen molar-refractivity contribution in [3.8, 4) is 6.07 Å². The van der Waals surface area contributed by atoms with Crippen LogP contribution in [0.1, 0.15) is 5.56 Å². The van der Waals surface area contributed by atoms with E-state index in [9.17, 15) is 22.4 Å². The highest BCUT2D eigenvalue weighted by Crippen LogP contribution is 2.34. The first-order valence-corrected chi connectivity index (χ1v) is 7.39. The minimum absolute atomic E-state index is 0.175. The lowest BCUT2D eigenvalue weighted by Crippen LogP contribution is -2.18. The molecule has 9 heteroatoms. The van der Waals surface area contributed by atoms with E-state index in [0.717, 1.165) is 24.4 Å². The third-order valence-corrected chi connectivity index (χ3v) is 3.44. The molecular weight excluding hydrogens is 374 g/mol. The van der Waals surface area contributed by atoms with E-state index in [2.05, 4.69) is 5.32 Å². The van der Waals surface area contributed by atoms with Gasteiger partial charge in [0.2, 0.25) is 0 Å². The Labute approximate surface area is 150 Å². The third kappa shape index (κ3) is 4.74. The second-order valence-electron chi connectivity index (χ2n) is 4.94. The summed E-state index contributed by atoms with van der Waals surface area (Å²) in [7, 11) is 0. The first-order chi connectivity index (χ1) is 12.2. The van der Waals surface area contributed by atoms with Gasteiger partial charge in [-0.25, -0.2) is 4.39 Å². The number of nitrogens with zero attached hydrogens (tertiary/aromatic N) is 1. The maximum absolute atomic E-state index is 13.1. The second kappa shape index (κ2) is 7.89. The topological polar surface area (TPSA) is 64.9 Å². The molecule has 0 saturated carbocycles. The van der Waals surface area contributed by atoms with Crippen LogP contribution < -0.4 is 10.6 Å². The van der Waals surface area contributed by atoms with Crippen molar-refractivity contribution in [1.82, 2.24) is 0 Å². The average Bonchev–Trinajstić information content (AvgIpc) is 2.58. The highest BCUT2D eigenvalue weighted by Gasteiger charge is 2.33. The van der Waals surface area contributed by atoms with Crippen LogP contribution in [0.3, 0.4) is 0 Å². The van der Waals surface area contributed by atoms with E-state index in [4.69, 9.17) is 16.9 Å². The fourth-order valence-corrected chi connectivity index (χ4v) is 2.10. The van der Waals surface area contributed by atoms with Crippen LogP contribution in [0.25, 0.3) is 0 Å². The number of rotatable bonds is 4. The number of para-hydroxylation sites is 1. The molecule has 26 heavy (non-hydrogen) atoms. The molecule has 2 rings (SSSR count). The Kier molecular flexibility index (Phi) is 5.85. The number of hydrogen-bond acceptors (Lipinski definition) is 3. The van der Waals surface area contributed by atoms with Crippen LogP contribution in [-0.2, 0) is 11.0 Å². The molecule has 134 valence electrons. The Balaban J connectivity index is 2.19. The number of carbonyl (C=O) groups is 1. The van der Waals surface area contributed by atoms with Gasteiger partial charge in [0.05, 0.1) is 16.3 Å². The number of carbonyl (C=O) groups excluding carboxylic acids is 1. The van der Waals surface area contributed by atoms with Crippen molar-refractivity contribution in [3.63, 3.8) is 0 Å². The number of nitrogens with one attached hydrogen (secondary N) is 2. The predicted molar refractivity (Wildman–Crippen MR) is 88.8 cm³/mol. The van der Waals surface area contributed by atoms with Crippen molar-refractivity contribution in [2.45, 2.75) is 6.18 Å². The predicted octanol–water partition coefficient (Wildman–Crippen LogP) is 4.96. The second-order valence-corrected chi connectivity index (χ2v) is 5.35. The maximum atomic E-state index is 13.1. The lowest BCUT2D eigenvalue weighted by atomic mass is 10.1. The summed E-state index contributed by atoms with van der Waals surface area (Å²) in [6, 6.07) is 9.56. The Morgan fingerprint density at radius 3 is 2.50 bits per heavy atom. The molecule has 2 N–H and O–H groups in total. The Morgan fingerprint density at radius 2 is 1.88 bits per heavy atom. The highest BCUT2D eigenvalue weighted by atomic mass is 35.5. The number of anilines is 2. The van der Waals surface area contributed by atoms with Gasteiger partial charge in [0.15, 0.2) is 0 Å². The summed E-state index contributed by atoms with van der Waals surface area (Å²) in [6.07, 6.45) is -3.68. The number of amides is 1. The minimum atomic E-state index is -4.66. The van der Waals surface area contributed by atoms with Crippen LogP contribution in [0.5, 0.6) is 0 Å². The molecule has 0 bridgehead atoms. The molecule has 0 spiro atoms. The highest BCUT2D eigenvalue weighted by molar-refractivity contribution is 6.31. The van der Waals surface area contributed by atoms with Gasteiger partial charge < -0.3 is 10.6 Å². The van der Waals surface area contributed by atoms with E-state index in [0.29, 0.717) is 0 Å². The van der Waals surface area contributed by atoms with Crippen molar-refractivity contribution in [1.29, 1.82) is 5.26 Å². The Morgan fingerprint density at radius 1 is 1.19 bits per heavy atom. The normalized spacial score (nSPS) is 11.6. The first kappa shape index (κ1) is 19.3. The molecule has 2 aromatic carbocycles. The smallest absolute Gasteiger partial charge is 0.360 e. The SMILES string of the molecule is N#C/C(=C/Nc1ccc(F)c(Cl)c1)C(=O)Nc1ccccc1C(F)(F)F. The molecule has 2 aromatic rings. The van der Waals surface area contributed by atoms with Gasteiger partial charge in [0.25, 0.3) is 5.91 Å². The number of nitriles is 1. The van der Waals surface area contributed by atoms with Crippen molar-refractivity contribution in [2.24, 2.45) is 0 Å². The number of halogens is 5. The van der Waals surface area contributed by atoms with Gasteiger partial charge in [0.1, 0.15) is 17.5 Å². The van der Waals surface area contributed by atoms with Crippen molar-refractivity contribution >= 4 is 28.9 Å². The number of hydrogen-bond donors (Lipinski definition) is 2. The molecule has 0 aliphatic heterocycles. The quantitative estimate of drug-likeness (QED) is 0.446. The van der Waals surface area contributed by atoms with Crippen LogP contribution in [0.4, 0.5) is 28.9 Å². The molecule has 0 aliphatic carbocycles. The van der Waals surface area contributed by atoms with Crippen LogP contribution in [-0.4, -0.2) is 5.91 Å². The fourth-order valence-electron chi connectivity index (χ4n) is 1.92. The van der Waals surface area contributed by atoms with Gasteiger partial charge in [0, 0.05) is 11.9 Å². The lowest BCUT2D eigenvalue weighted by Gasteiger charge is -2.13. The number of alkyl halides is 3. The summed E-state index contributed by atoms with van der Waals surface area (Å²) < 4.78 is 51.9. The van der Waals surface area contributed by atoms with Crippen LogP contribution in [0, 0.1) is 17.1 Å². The lowest BCUT2D eigenvalue weighted by molar-refractivity contribution is -0.137.